The van der Waals surface area contributed by atoms with Crippen molar-refractivity contribution in [1.82, 2.24) is 0 Å². The molecule has 0 N–H and O–H groups in total. The summed E-state index contributed by atoms with van der Waals surface area (Å²) in [6.07, 6.45) is 5.26. The van der Waals surface area contributed by atoms with Crippen LogP contribution in [0, 0.1) is 10.9 Å². The summed E-state index contributed by atoms with van der Waals surface area (Å²) < 4.78 is 8.78. The van der Waals surface area contributed by atoms with Crippen LogP contribution in [-0.4, -0.2) is 19.9 Å². The summed E-state index contributed by atoms with van der Waals surface area (Å²) in [4.78, 5) is 0. The monoisotopic (exact) mass is 258 g/mol. The molecule has 0 saturated carbocycles. The van der Waals surface area contributed by atoms with Gasteiger partial charge in [-0.2, -0.15) is 0 Å². The first kappa shape index (κ1) is 13.9. The molecule has 0 amide bonds. The summed E-state index contributed by atoms with van der Waals surface area (Å²) in [5.41, 5.74) is 0. The van der Waals surface area contributed by atoms with Crippen LogP contribution in [0.25, 0.3) is 0 Å². The molecule has 0 bridgehead atoms. The maximum atomic E-state index is 5.32. The fourth-order valence-corrected chi connectivity index (χ4v) is 6.29. The molecule has 0 unspecified atom stereocenters. The molecule has 14 heavy (non-hydrogen) atoms. The van der Waals surface area contributed by atoms with Crippen molar-refractivity contribution in [1.29, 1.82) is 0 Å². The van der Waals surface area contributed by atoms with Gasteiger partial charge in [0.1, 0.15) is 0 Å². The van der Waals surface area contributed by atoms with E-state index in [1.54, 1.807) is 0 Å². The Labute approximate surface area is 92.0 Å². The summed E-state index contributed by atoms with van der Waals surface area (Å²) in [5, 5.41) is 3.91. The van der Waals surface area contributed by atoms with E-state index in [2.05, 4.69) is 38.6 Å². The van der Waals surface area contributed by atoms with Crippen molar-refractivity contribution >= 4 is 13.3 Å². The average Bonchev–Trinajstić information content (AvgIpc) is 2.24. The van der Waals surface area contributed by atoms with Gasteiger partial charge in [0.2, 0.25) is 0 Å². The van der Waals surface area contributed by atoms with Gasteiger partial charge in [0, 0.05) is 0 Å². The zero-order valence-corrected chi connectivity index (χ0v) is 12.2. The Bertz CT molecular complexity index is 178. The third-order valence-corrected chi connectivity index (χ3v) is 12.9. The summed E-state index contributed by atoms with van der Waals surface area (Å²) in [6, 6.07) is 0. The standard InChI is InChI=1S/C12H24GeO/c1-5-9-11-14-12-10-13(6-2,7-3)8-4/h5-9,11H2,1-4H3. The Balaban J connectivity index is 4.00. The summed E-state index contributed by atoms with van der Waals surface area (Å²) in [6.45, 7) is 9.83. The molecule has 0 rings (SSSR count). The molecule has 0 aromatic heterocycles. The Morgan fingerprint density at radius 1 is 1.00 bits per heavy atom. The number of rotatable bonds is 6. The molecule has 0 radical (unpaired) electrons. The van der Waals surface area contributed by atoms with Crippen molar-refractivity contribution in [3.8, 4) is 10.9 Å². The second kappa shape index (κ2) is 8.23. The summed E-state index contributed by atoms with van der Waals surface area (Å²) in [7, 11) is 0. The topological polar surface area (TPSA) is 9.23 Å². The van der Waals surface area contributed by atoms with Gasteiger partial charge in [0.05, 0.1) is 0 Å². The van der Waals surface area contributed by atoms with Gasteiger partial charge in [-0.05, 0) is 0 Å². The fraction of sp³-hybridized carbons (Fsp3) is 0.833. The molecule has 0 aliphatic rings. The summed E-state index contributed by atoms with van der Waals surface area (Å²) >= 11 is -1.77. The Kier molecular flexibility index (Phi) is 8.17. The van der Waals surface area contributed by atoms with Crippen LogP contribution >= 0.6 is 0 Å². The van der Waals surface area contributed by atoms with Crippen LogP contribution in [0.1, 0.15) is 40.5 Å². The molecule has 0 saturated heterocycles. The second-order valence-electron chi connectivity index (χ2n) is 3.77. The minimum atomic E-state index is -1.77. The van der Waals surface area contributed by atoms with E-state index in [0.29, 0.717) is 0 Å². The van der Waals surface area contributed by atoms with Crippen molar-refractivity contribution in [3.05, 3.63) is 0 Å². The zero-order valence-electron chi connectivity index (χ0n) is 10.2. The number of unbranched alkanes of at least 4 members (excludes halogenated alkanes) is 1. The van der Waals surface area contributed by atoms with Crippen molar-refractivity contribution in [3.63, 3.8) is 0 Å². The fourth-order valence-electron chi connectivity index (χ4n) is 1.43. The average molecular weight is 257 g/mol. The molecule has 1 nitrogen and oxygen atoms in total. The van der Waals surface area contributed by atoms with Crippen LogP contribution in [-0.2, 0) is 4.74 Å². The van der Waals surface area contributed by atoms with E-state index in [1.807, 2.05) is 0 Å². The van der Waals surface area contributed by atoms with Gasteiger partial charge in [0.25, 0.3) is 0 Å². The Hall–Kier alpha value is -0.0971. The Morgan fingerprint density at radius 2 is 1.57 bits per heavy atom. The van der Waals surface area contributed by atoms with Crippen LogP contribution in [0.4, 0.5) is 0 Å². The number of hydrogen-bond donors (Lipinski definition) is 0. The first-order chi connectivity index (χ1) is 6.74. The molecule has 0 heterocycles. The molecule has 0 aliphatic carbocycles. The van der Waals surface area contributed by atoms with Crippen molar-refractivity contribution in [2.45, 2.75) is 56.3 Å². The normalized spacial score (nSPS) is 10.6. The molecule has 0 aromatic carbocycles. The van der Waals surface area contributed by atoms with Crippen LogP contribution in [0.15, 0.2) is 0 Å². The van der Waals surface area contributed by atoms with Gasteiger partial charge in [-0.3, -0.25) is 0 Å². The van der Waals surface area contributed by atoms with Crippen LogP contribution in [0.5, 0.6) is 0 Å². The van der Waals surface area contributed by atoms with E-state index >= 15 is 0 Å². The zero-order chi connectivity index (χ0) is 10.9. The number of hydrogen-bond acceptors (Lipinski definition) is 1. The third kappa shape index (κ3) is 4.95. The van der Waals surface area contributed by atoms with Gasteiger partial charge in [-0.1, -0.05) is 0 Å². The van der Waals surface area contributed by atoms with E-state index < -0.39 is 13.3 Å². The van der Waals surface area contributed by atoms with E-state index in [0.717, 1.165) is 13.0 Å². The SMILES string of the molecule is CCCCOC#[C][Ge]([CH2]C)([CH2]C)[CH2]C. The molecule has 0 aromatic rings. The molecule has 0 spiro atoms. The minimum absolute atomic E-state index is 0.805. The van der Waals surface area contributed by atoms with Crippen LogP contribution < -0.4 is 0 Å². The van der Waals surface area contributed by atoms with Crippen LogP contribution in [0.2, 0.25) is 15.8 Å². The predicted molar refractivity (Wildman–Crippen MR) is 65.8 cm³/mol. The quantitative estimate of drug-likeness (QED) is 0.399. The molecule has 0 aliphatic heterocycles. The van der Waals surface area contributed by atoms with Crippen molar-refractivity contribution in [2.24, 2.45) is 0 Å². The second-order valence-corrected chi connectivity index (χ2v) is 14.1. The first-order valence-corrected chi connectivity index (χ1v) is 11.4. The van der Waals surface area contributed by atoms with Crippen molar-refractivity contribution < 1.29 is 4.74 Å². The van der Waals surface area contributed by atoms with Gasteiger partial charge in [0.15, 0.2) is 0 Å². The molecule has 0 fully saturated rings. The predicted octanol–water partition coefficient (Wildman–Crippen LogP) is 3.81. The molecular formula is C12H24GeO. The molecule has 2 heteroatoms. The van der Waals surface area contributed by atoms with Crippen LogP contribution in [0.3, 0.4) is 0 Å². The van der Waals surface area contributed by atoms with E-state index in [1.165, 1.54) is 22.2 Å². The van der Waals surface area contributed by atoms with Gasteiger partial charge in [-0.25, -0.2) is 0 Å². The number of ether oxygens (including phenoxy) is 1. The van der Waals surface area contributed by atoms with Crippen molar-refractivity contribution in [2.75, 3.05) is 6.61 Å². The Morgan fingerprint density at radius 3 is 2.00 bits per heavy atom. The maximum absolute atomic E-state index is 5.32. The van der Waals surface area contributed by atoms with Gasteiger partial charge in [-0.15, -0.1) is 0 Å². The third-order valence-electron chi connectivity index (χ3n) is 3.02. The summed E-state index contributed by atoms with van der Waals surface area (Å²) in [5.74, 6) is 0. The van der Waals surface area contributed by atoms with E-state index in [-0.39, 0.29) is 0 Å². The van der Waals surface area contributed by atoms with E-state index in [9.17, 15) is 0 Å². The first-order valence-electron chi connectivity index (χ1n) is 5.88. The van der Waals surface area contributed by atoms with Gasteiger partial charge >= 0.3 is 91.8 Å². The van der Waals surface area contributed by atoms with E-state index in [4.69, 9.17) is 4.74 Å². The molecular weight excluding hydrogens is 233 g/mol. The van der Waals surface area contributed by atoms with Gasteiger partial charge < -0.3 is 0 Å². The molecule has 0 atom stereocenters. The molecule has 82 valence electrons.